The number of carbonyl (C=O) groups excluding carboxylic acids is 1. The van der Waals surface area contributed by atoms with Gasteiger partial charge in [-0.1, -0.05) is 12.1 Å². The van der Waals surface area contributed by atoms with E-state index < -0.39 is 32.4 Å². The number of amides is 1. The second-order valence-electron chi connectivity index (χ2n) is 8.17. The molecule has 0 aliphatic rings. The second kappa shape index (κ2) is 10.8. The molecule has 0 aliphatic carbocycles. The molecule has 1 amide bonds. The number of aromatic nitrogens is 4. The Morgan fingerprint density at radius 1 is 1.10 bits per heavy atom. The molecule has 4 aromatic rings. The molecule has 0 atom stereocenters. The highest BCUT2D eigenvalue weighted by molar-refractivity contribution is 7.71. The van der Waals surface area contributed by atoms with Crippen LogP contribution in [-0.2, 0) is 15.7 Å². The second-order valence-corrected chi connectivity index (χ2v) is 12.0. The number of carbonyl (C=O) groups is 1. The molecular weight excluding hydrogens is 557 g/mol. The van der Waals surface area contributed by atoms with Crippen LogP contribution < -0.4 is 15.4 Å². The van der Waals surface area contributed by atoms with Gasteiger partial charge in [0, 0.05) is 29.4 Å². The Balaban J connectivity index is 1.74. The summed E-state index contributed by atoms with van der Waals surface area (Å²) >= 11 is 0. The molecule has 2 aromatic carbocycles. The van der Waals surface area contributed by atoms with E-state index in [2.05, 4.69) is 25.7 Å². The Bertz CT molecular complexity index is 1630. The van der Waals surface area contributed by atoms with E-state index in [1.54, 1.807) is 13.0 Å². The van der Waals surface area contributed by atoms with Crippen molar-refractivity contribution >= 4 is 43.6 Å². The molecule has 4 rings (SSSR count). The summed E-state index contributed by atoms with van der Waals surface area (Å²) in [5, 5.41) is 9.04. The van der Waals surface area contributed by atoms with Gasteiger partial charge < -0.3 is 34.9 Å². The van der Waals surface area contributed by atoms with Gasteiger partial charge in [0.25, 0.3) is 5.91 Å². The molecular formula is C22H23FN6O8P2. The van der Waals surface area contributed by atoms with Crippen molar-refractivity contribution < 1.29 is 42.6 Å². The maximum atomic E-state index is 14.0. The highest BCUT2D eigenvalue weighted by Gasteiger charge is 2.44. The Kier molecular flexibility index (Phi) is 7.84. The van der Waals surface area contributed by atoms with Crippen LogP contribution >= 0.6 is 15.2 Å². The normalized spacial score (nSPS) is 12.1. The number of benzene rings is 2. The first-order valence-electron chi connectivity index (χ1n) is 11.2. The fourth-order valence-electron chi connectivity index (χ4n) is 3.66. The van der Waals surface area contributed by atoms with Gasteiger partial charge in [-0.15, -0.1) is 0 Å². The molecule has 0 bridgehead atoms. The number of rotatable bonds is 9. The summed E-state index contributed by atoms with van der Waals surface area (Å²) in [5.74, 6) is -1.54. The van der Waals surface area contributed by atoms with Gasteiger partial charge in [0.2, 0.25) is 5.52 Å². The lowest BCUT2D eigenvalue weighted by Crippen LogP contribution is -2.21. The number of anilines is 2. The van der Waals surface area contributed by atoms with Crippen molar-refractivity contribution in [2.24, 2.45) is 0 Å². The van der Waals surface area contributed by atoms with Gasteiger partial charge >= 0.3 is 15.2 Å². The van der Waals surface area contributed by atoms with E-state index in [4.69, 9.17) is 4.74 Å². The van der Waals surface area contributed by atoms with Crippen LogP contribution in [0.2, 0.25) is 0 Å². The lowest BCUT2D eigenvalue weighted by molar-refractivity contribution is 0.102. The largest absolute Gasteiger partial charge is 0.494 e. The van der Waals surface area contributed by atoms with Crippen LogP contribution in [0.1, 0.15) is 17.3 Å². The monoisotopic (exact) mass is 580 g/mol. The van der Waals surface area contributed by atoms with Gasteiger partial charge in [-0.2, -0.15) is 5.10 Å². The van der Waals surface area contributed by atoms with Crippen molar-refractivity contribution in [2.45, 2.75) is 19.0 Å². The van der Waals surface area contributed by atoms with Crippen molar-refractivity contribution in [3.8, 4) is 17.1 Å². The summed E-state index contributed by atoms with van der Waals surface area (Å²) in [6, 6.07) is 9.93. The number of aryl methyl sites for hydroxylation is 1. The summed E-state index contributed by atoms with van der Waals surface area (Å²) in [6.07, 6.45) is 1.29. The van der Waals surface area contributed by atoms with Gasteiger partial charge in [0.1, 0.15) is 5.82 Å². The summed E-state index contributed by atoms with van der Waals surface area (Å²) in [4.78, 5) is 59.8. The fourth-order valence-corrected chi connectivity index (χ4v) is 5.81. The van der Waals surface area contributed by atoms with Crippen LogP contribution in [-0.4, -0.2) is 57.9 Å². The molecule has 39 heavy (non-hydrogen) atoms. The van der Waals surface area contributed by atoms with Crippen LogP contribution in [0.25, 0.3) is 22.4 Å². The van der Waals surface area contributed by atoms with Crippen LogP contribution in [0.3, 0.4) is 0 Å². The molecule has 14 nitrogen and oxygen atoms in total. The Labute approximate surface area is 220 Å². The number of halogens is 1. The zero-order valence-corrected chi connectivity index (χ0v) is 22.2. The Hall–Kier alpha value is -3.71. The van der Waals surface area contributed by atoms with E-state index >= 15 is 0 Å². The van der Waals surface area contributed by atoms with Gasteiger partial charge in [-0.05, 0) is 31.2 Å². The van der Waals surface area contributed by atoms with Gasteiger partial charge in [-0.3, -0.25) is 13.9 Å². The number of hydrogen-bond donors (Lipinski definition) is 6. The van der Waals surface area contributed by atoms with Crippen LogP contribution in [0.4, 0.5) is 15.9 Å². The van der Waals surface area contributed by atoms with E-state index in [0.29, 0.717) is 12.1 Å². The van der Waals surface area contributed by atoms with Crippen molar-refractivity contribution in [1.82, 2.24) is 19.7 Å². The molecule has 6 N–H and O–H groups in total. The lowest BCUT2D eigenvalue weighted by atomic mass is 10.1. The van der Waals surface area contributed by atoms with E-state index in [9.17, 15) is 37.9 Å². The minimum absolute atomic E-state index is 0.0120. The summed E-state index contributed by atoms with van der Waals surface area (Å²) in [6.45, 7) is 2.11. The minimum atomic E-state index is -5.34. The molecule has 0 fully saturated rings. The van der Waals surface area contributed by atoms with E-state index in [1.807, 2.05) is 0 Å². The van der Waals surface area contributed by atoms with Crippen molar-refractivity contribution in [1.29, 1.82) is 0 Å². The van der Waals surface area contributed by atoms with Gasteiger partial charge in [-0.25, -0.2) is 19.0 Å². The number of fused-ring (bicyclic) bond motifs is 1. The van der Waals surface area contributed by atoms with Crippen LogP contribution in [0, 0.1) is 5.82 Å². The average molecular weight is 580 g/mol. The molecule has 2 heterocycles. The Morgan fingerprint density at radius 2 is 1.82 bits per heavy atom. The number of ether oxygens (including phenoxy) is 1. The third-order valence-electron chi connectivity index (χ3n) is 5.49. The molecule has 0 radical (unpaired) electrons. The van der Waals surface area contributed by atoms with Crippen molar-refractivity contribution in [3.63, 3.8) is 0 Å². The molecule has 0 aliphatic heterocycles. The number of nitrogens with one attached hydrogen (secondary N) is 2. The first kappa shape index (κ1) is 28.3. The van der Waals surface area contributed by atoms with E-state index in [-0.39, 0.29) is 39.7 Å². The summed E-state index contributed by atoms with van der Waals surface area (Å²) < 4.78 is 44.1. The number of nitrogens with zero attached hydrogens (tertiary/aromatic N) is 4. The average Bonchev–Trinajstić information content (AvgIpc) is 3.29. The molecule has 0 saturated heterocycles. The maximum Gasteiger partial charge on any atom is 0.360 e. The molecule has 17 heteroatoms. The van der Waals surface area contributed by atoms with Gasteiger partial charge in [0.05, 0.1) is 18.7 Å². The summed E-state index contributed by atoms with van der Waals surface area (Å²) in [5.41, 5.74) is -1.73. The van der Waals surface area contributed by atoms with Crippen molar-refractivity contribution in [2.75, 3.05) is 17.7 Å². The third kappa shape index (κ3) is 6.14. The summed E-state index contributed by atoms with van der Waals surface area (Å²) in [7, 11) is -9.37. The highest BCUT2D eigenvalue weighted by atomic mass is 31.2. The Morgan fingerprint density at radius 3 is 2.44 bits per heavy atom. The van der Waals surface area contributed by atoms with Crippen molar-refractivity contribution in [3.05, 3.63) is 60.0 Å². The topological polar surface area (TPSA) is 209 Å². The minimum Gasteiger partial charge on any atom is -0.494 e. The highest BCUT2D eigenvalue weighted by Crippen LogP contribution is 2.59. The number of methoxy groups -OCH3 is 1. The third-order valence-corrected chi connectivity index (χ3v) is 8.83. The zero-order valence-electron chi connectivity index (χ0n) is 20.4. The van der Waals surface area contributed by atoms with E-state index in [1.165, 1.54) is 48.3 Å². The SMILES string of the molecule is CCn1ncc2c(NC(P(=O)(O)O)P(=O)(O)O)nc(-c3cccc(C(=O)Nc4ccc(OC)c(F)c4)c3)nc21. The lowest BCUT2D eigenvalue weighted by Gasteiger charge is -2.21. The molecule has 206 valence electrons. The number of hydrogen-bond acceptors (Lipinski definition) is 8. The zero-order chi connectivity index (χ0) is 28.5. The smallest absolute Gasteiger partial charge is 0.360 e. The predicted molar refractivity (Wildman–Crippen MR) is 139 cm³/mol. The maximum absolute atomic E-state index is 14.0. The standard InChI is InChI=1S/C22H23FN6O8P2/c1-3-29-20-15(11-24-29)19(28-22(38(31,32)33)39(34,35)36)26-18(27-20)12-5-4-6-13(9-12)21(30)25-14-7-8-17(37-2)16(23)10-14/h4-11,22H,3H2,1-2H3,(H,25,30)(H,26,27,28)(H2,31,32,33)(H2,34,35,36). The van der Waals surface area contributed by atoms with Gasteiger partial charge in [0.15, 0.2) is 23.0 Å². The predicted octanol–water partition coefficient (Wildman–Crippen LogP) is 2.96. The van der Waals surface area contributed by atoms with Crippen LogP contribution in [0.5, 0.6) is 5.75 Å². The molecule has 2 aromatic heterocycles. The van der Waals surface area contributed by atoms with E-state index in [0.717, 1.165) is 6.07 Å². The fraction of sp³-hybridized carbons (Fsp3) is 0.182. The molecule has 0 spiro atoms. The molecule has 0 saturated carbocycles. The first-order chi connectivity index (χ1) is 18.3. The first-order valence-corrected chi connectivity index (χ1v) is 14.5. The molecule has 0 unspecified atom stereocenters. The van der Waals surface area contributed by atoms with Crippen LogP contribution in [0.15, 0.2) is 48.7 Å². The quantitative estimate of drug-likeness (QED) is 0.158.